The van der Waals surface area contributed by atoms with Crippen LogP contribution in [0.4, 0.5) is 10.2 Å². The van der Waals surface area contributed by atoms with Crippen LogP contribution in [0.3, 0.4) is 0 Å². The van der Waals surface area contributed by atoms with Crippen molar-refractivity contribution < 1.29 is 21.8 Å². The molecule has 4 rings (SSSR count). The molecular weight excluding hydrogens is 445 g/mol. The molecule has 1 aliphatic rings. The summed E-state index contributed by atoms with van der Waals surface area (Å²) in [6.07, 6.45) is 6.12. The fraction of sp³-hybridized carbons (Fsp3) is 0.286. The number of nitrogens with one attached hydrogen (secondary N) is 1. The molecule has 2 aromatic heterocycles. The van der Waals surface area contributed by atoms with Crippen LogP contribution in [0.1, 0.15) is 12.0 Å². The van der Waals surface area contributed by atoms with E-state index in [0.717, 1.165) is 11.8 Å². The van der Waals surface area contributed by atoms with E-state index in [1.54, 1.807) is 30.6 Å². The summed E-state index contributed by atoms with van der Waals surface area (Å²) in [6, 6.07) is 5.06. The van der Waals surface area contributed by atoms with Crippen LogP contribution >= 0.6 is 11.6 Å². The molecule has 0 unspecified atom stereocenters. The molecule has 10 heteroatoms. The second-order valence-electron chi connectivity index (χ2n) is 7.61. The van der Waals surface area contributed by atoms with E-state index >= 15 is 0 Å². The predicted octanol–water partition coefficient (Wildman–Crippen LogP) is 3.95. The first-order valence-corrected chi connectivity index (χ1v) is 11.7. The molecule has 7 nitrogen and oxygen atoms in total. The van der Waals surface area contributed by atoms with Crippen LogP contribution in [-0.2, 0) is 19.1 Å². The van der Waals surface area contributed by atoms with E-state index in [-0.39, 0.29) is 29.4 Å². The molecule has 0 saturated heterocycles. The second-order valence-corrected chi connectivity index (χ2v) is 9.64. The number of aryl methyl sites for hydroxylation is 1. The molecule has 0 spiro atoms. The van der Waals surface area contributed by atoms with Crippen molar-refractivity contribution >= 4 is 44.2 Å². The maximum atomic E-state index is 14.9. The van der Waals surface area contributed by atoms with Gasteiger partial charge in [0, 0.05) is 41.0 Å². The van der Waals surface area contributed by atoms with Gasteiger partial charge in [-0.05, 0) is 48.4 Å². The van der Waals surface area contributed by atoms with E-state index in [0.29, 0.717) is 34.1 Å². The average molecular weight is 464 g/mol. The third kappa shape index (κ3) is 4.68. The summed E-state index contributed by atoms with van der Waals surface area (Å²) in [4.78, 5) is 20.7. The molecule has 1 aliphatic carbocycles. The number of carbonyl (C=O) groups is 1. The van der Waals surface area contributed by atoms with Gasteiger partial charge in [-0.15, -0.1) is 0 Å². The van der Waals surface area contributed by atoms with E-state index in [1.807, 2.05) is 6.92 Å². The minimum atomic E-state index is -3.54. The molecule has 2 atom stereocenters. The summed E-state index contributed by atoms with van der Waals surface area (Å²) in [5.41, 5.74) is 1.78. The highest BCUT2D eigenvalue weighted by Gasteiger charge is 2.43. The molecule has 0 radical (unpaired) electrons. The van der Waals surface area contributed by atoms with Crippen molar-refractivity contribution in [3.05, 3.63) is 53.2 Å². The second kappa shape index (κ2) is 8.14. The summed E-state index contributed by atoms with van der Waals surface area (Å²) in [6.45, 7) is 1.83. The molecular formula is C21H19ClFN3O4S. The summed E-state index contributed by atoms with van der Waals surface area (Å²) < 4.78 is 41.8. The molecule has 1 amide bonds. The van der Waals surface area contributed by atoms with Crippen LogP contribution in [-0.4, -0.2) is 37.2 Å². The van der Waals surface area contributed by atoms with Gasteiger partial charge < -0.3 is 5.32 Å². The SMILES string of the molecule is Cc1ccncc1-c1cc2cc(NC(=O)[C@H]3C[C@H]3COS(C)(=O)=O)ncc2c(Cl)c1F. The molecule has 1 aromatic carbocycles. The Morgan fingerprint density at radius 1 is 1.32 bits per heavy atom. The zero-order valence-corrected chi connectivity index (χ0v) is 18.3. The van der Waals surface area contributed by atoms with Gasteiger partial charge in [0.05, 0.1) is 17.9 Å². The van der Waals surface area contributed by atoms with Gasteiger partial charge in [0.1, 0.15) is 11.6 Å². The number of fused-ring (bicyclic) bond motifs is 1. The summed E-state index contributed by atoms with van der Waals surface area (Å²) in [5, 5.41) is 3.71. The fourth-order valence-electron chi connectivity index (χ4n) is 3.42. The highest BCUT2D eigenvalue weighted by Crippen LogP contribution is 2.40. The standard InChI is InChI=1S/C21H19ClFN3O4S/c1-11-3-4-24-8-16(11)15-5-12-7-18(25-9-17(12)19(22)20(15)23)26-21(27)14-6-13(14)10-30-31(2,28)29/h3-5,7-9,13-14H,6,10H2,1-2H3,(H,25,26,27)/t13-,14-/m0/s1. The smallest absolute Gasteiger partial charge is 0.264 e. The lowest BCUT2D eigenvalue weighted by Crippen LogP contribution is -2.17. The normalized spacial score (nSPS) is 18.2. The van der Waals surface area contributed by atoms with Gasteiger partial charge in [0.2, 0.25) is 5.91 Å². The zero-order valence-electron chi connectivity index (χ0n) is 16.7. The Bertz CT molecular complexity index is 1300. The first-order valence-electron chi connectivity index (χ1n) is 9.48. The molecule has 31 heavy (non-hydrogen) atoms. The van der Waals surface area contributed by atoms with Gasteiger partial charge in [-0.2, -0.15) is 8.42 Å². The third-order valence-electron chi connectivity index (χ3n) is 5.24. The maximum Gasteiger partial charge on any atom is 0.264 e. The number of carbonyl (C=O) groups excluding carboxylic acids is 1. The van der Waals surface area contributed by atoms with Gasteiger partial charge in [-0.3, -0.25) is 14.0 Å². The monoisotopic (exact) mass is 463 g/mol. The van der Waals surface area contributed by atoms with Crippen LogP contribution in [0.2, 0.25) is 5.02 Å². The maximum absolute atomic E-state index is 14.9. The van der Waals surface area contributed by atoms with Crippen molar-refractivity contribution in [1.82, 2.24) is 9.97 Å². The molecule has 162 valence electrons. The van der Waals surface area contributed by atoms with E-state index in [4.69, 9.17) is 15.8 Å². The lowest BCUT2D eigenvalue weighted by atomic mass is 9.99. The summed E-state index contributed by atoms with van der Waals surface area (Å²) >= 11 is 6.26. The molecule has 2 heterocycles. The van der Waals surface area contributed by atoms with Crippen molar-refractivity contribution in [3.63, 3.8) is 0 Å². The number of nitrogens with zero attached hydrogens (tertiary/aromatic N) is 2. The number of hydrogen-bond donors (Lipinski definition) is 1. The predicted molar refractivity (Wildman–Crippen MR) is 116 cm³/mol. The number of amides is 1. The topological polar surface area (TPSA) is 98.2 Å². The zero-order chi connectivity index (χ0) is 22.3. The highest BCUT2D eigenvalue weighted by atomic mass is 35.5. The largest absolute Gasteiger partial charge is 0.310 e. The van der Waals surface area contributed by atoms with E-state index in [9.17, 15) is 17.6 Å². The highest BCUT2D eigenvalue weighted by molar-refractivity contribution is 7.85. The van der Waals surface area contributed by atoms with Crippen molar-refractivity contribution in [1.29, 1.82) is 0 Å². The molecule has 1 saturated carbocycles. The number of aromatic nitrogens is 2. The Morgan fingerprint density at radius 2 is 2.10 bits per heavy atom. The molecule has 3 aromatic rings. The van der Waals surface area contributed by atoms with Crippen molar-refractivity contribution in [2.24, 2.45) is 11.8 Å². The Labute approximate surface area is 183 Å². The number of pyridine rings is 2. The lowest BCUT2D eigenvalue weighted by Gasteiger charge is -2.12. The number of benzene rings is 1. The van der Waals surface area contributed by atoms with Gasteiger partial charge in [-0.1, -0.05) is 11.6 Å². The minimum Gasteiger partial charge on any atom is -0.310 e. The van der Waals surface area contributed by atoms with E-state index in [2.05, 4.69) is 15.3 Å². The minimum absolute atomic E-state index is 0.0230. The van der Waals surface area contributed by atoms with Gasteiger partial charge in [0.25, 0.3) is 10.1 Å². The first-order chi connectivity index (χ1) is 14.6. The van der Waals surface area contributed by atoms with Crippen LogP contribution < -0.4 is 5.32 Å². The van der Waals surface area contributed by atoms with E-state index < -0.39 is 15.9 Å². The Kier molecular flexibility index (Phi) is 5.67. The van der Waals surface area contributed by atoms with Crippen molar-refractivity contribution in [3.8, 4) is 11.1 Å². The molecule has 0 bridgehead atoms. The van der Waals surface area contributed by atoms with Crippen LogP contribution in [0, 0.1) is 24.6 Å². The fourth-order valence-corrected chi connectivity index (χ4v) is 4.10. The molecule has 1 fully saturated rings. The lowest BCUT2D eigenvalue weighted by molar-refractivity contribution is -0.117. The number of rotatable bonds is 6. The Hall–Kier alpha value is -2.62. The third-order valence-corrected chi connectivity index (χ3v) is 6.17. The van der Waals surface area contributed by atoms with Crippen LogP contribution in [0.5, 0.6) is 0 Å². The van der Waals surface area contributed by atoms with Crippen molar-refractivity contribution in [2.75, 3.05) is 18.2 Å². The van der Waals surface area contributed by atoms with Crippen LogP contribution in [0.25, 0.3) is 21.9 Å². The number of halogens is 2. The molecule has 1 N–H and O–H groups in total. The summed E-state index contributed by atoms with van der Waals surface area (Å²) in [5.74, 6) is -1.03. The number of hydrogen-bond acceptors (Lipinski definition) is 6. The van der Waals surface area contributed by atoms with E-state index in [1.165, 1.54) is 6.20 Å². The summed E-state index contributed by atoms with van der Waals surface area (Å²) in [7, 11) is -3.54. The molecule has 0 aliphatic heterocycles. The van der Waals surface area contributed by atoms with Gasteiger partial charge >= 0.3 is 0 Å². The van der Waals surface area contributed by atoms with Crippen LogP contribution in [0.15, 0.2) is 36.8 Å². The first kappa shape index (κ1) is 21.6. The number of anilines is 1. The van der Waals surface area contributed by atoms with Crippen molar-refractivity contribution in [2.45, 2.75) is 13.3 Å². The Morgan fingerprint density at radius 3 is 2.81 bits per heavy atom. The Balaban J connectivity index is 1.57. The quantitative estimate of drug-likeness (QED) is 0.556. The van der Waals surface area contributed by atoms with Gasteiger partial charge in [-0.25, -0.2) is 9.37 Å². The van der Waals surface area contributed by atoms with Gasteiger partial charge in [0.15, 0.2) is 0 Å². The average Bonchev–Trinajstić information content (AvgIpc) is 3.49.